The Morgan fingerprint density at radius 1 is 1.04 bits per heavy atom. The van der Waals surface area contributed by atoms with Crippen molar-refractivity contribution in [1.29, 1.82) is 0 Å². The van der Waals surface area contributed by atoms with Gasteiger partial charge in [-0.05, 0) is 57.0 Å². The predicted octanol–water partition coefficient (Wildman–Crippen LogP) is 4.47. The average molecular weight is 376 g/mol. The van der Waals surface area contributed by atoms with Crippen LogP contribution in [0.15, 0.2) is 53.6 Å². The quantitative estimate of drug-likeness (QED) is 0.791. The number of hydrogen-bond donors (Lipinski definition) is 0. The van der Waals surface area contributed by atoms with E-state index >= 15 is 0 Å². The van der Waals surface area contributed by atoms with E-state index in [1.807, 2.05) is 18.2 Å². The fraction of sp³-hybridized carbons (Fsp3) is 0.417. The number of carbonyl (C=O) groups is 1. The molecule has 4 nitrogen and oxygen atoms in total. The topological polar surface area (TPSA) is 35.9 Å². The molecular weight excluding hydrogens is 346 g/mol. The smallest absolute Gasteiger partial charge is 0.257 e. The van der Waals surface area contributed by atoms with E-state index in [1.165, 1.54) is 30.4 Å². The fourth-order valence-corrected chi connectivity index (χ4v) is 4.27. The lowest BCUT2D eigenvalue weighted by molar-refractivity contribution is -0.134. The Morgan fingerprint density at radius 2 is 1.79 bits per heavy atom. The van der Waals surface area contributed by atoms with Crippen molar-refractivity contribution in [2.45, 2.75) is 45.6 Å². The van der Waals surface area contributed by atoms with Gasteiger partial charge >= 0.3 is 0 Å². The van der Waals surface area contributed by atoms with E-state index in [9.17, 15) is 4.79 Å². The van der Waals surface area contributed by atoms with Crippen molar-refractivity contribution in [1.82, 2.24) is 9.91 Å². The number of likely N-dealkylation sites (tertiary alicyclic amines) is 1. The van der Waals surface area contributed by atoms with Crippen LogP contribution in [0.5, 0.6) is 0 Å². The summed E-state index contributed by atoms with van der Waals surface area (Å²) < 4.78 is 0. The maximum absolute atomic E-state index is 13.2. The van der Waals surface area contributed by atoms with Gasteiger partial charge in [-0.2, -0.15) is 5.10 Å². The molecule has 1 atom stereocenters. The van der Waals surface area contributed by atoms with Gasteiger partial charge in [0, 0.05) is 12.0 Å². The van der Waals surface area contributed by atoms with Crippen molar-refractivity contribution in [2.75, 3.05) is 19.6 Å². The minimum Gasteiger partial charge on any atom is -0.294 e. The van der Waals surface area contributed by atoms with Crippen molar-refractivity contribution >= 4 is 11.6 Å². The van der Waals surface area contributed by atoms with E-state index in [4.69, 9.17) is 5.10 Å². The van der Waals surface area contributed by atoms with Crippen molar-refractivity contribution in [3.05, 3.63) is 70.8 Å². The Kier molecular flexibility index (Phi) is 5.58. The third-order valence-corrected chi connectivity index (χ3v) is 5.86. The molecule has 1 fully saturated rings. The highest BCUT2D eigenvalue weighted by atomic mass is 16.2. The summed E-state index contributed by atoms with van der Waals surface area (Å²) in [6.45, 7) is 6.72. The van der Waals surface area contributed by atoms with Crippen LogP contribution < -0.4 is 0 Å². The van der Waals surface area contributed by atoms with Crippen LogP contribution in [0.1, 0.15) is 54.0 Å². The number of benzene rings is 2. The summed E-state index contributed by atoms with van der Waals surface area (Å²) >= 11 is 0. The summed E-state index contributed by atoms with van der Waals surface area (Å²) in [5.74, 6) is 0.107. The van der Waals surface area contributed by atoms with Crippen molar-refractivity contribution in [3.8, 4) is 0 Å². The molecule has 2 aromatic carbocycles. The molecule has 0 aliphatic carbocycles. The van der Waals surface area contributed by atoms with E-state index in [0.717, 1.165) is 36.3 Å². The van der Waals surface area contributed by atoms with Gasteiger partial charge in [-0.1, -0.05) is 54.4 Å². The number of nitrogens with zero attached hydrogens (tertiary/aromatic N) is 3. The van der Waals surface area contributed by atoms with Gasteiger partial charge in [0.05, 0.1) is 18.3 Å². The molecule has 28 heavy (non-hydrogen) atoms. The zero-order chi connectivity index (χ0) is 19.5. The van der Waals surface area contributed by atoms with Crippen LogP contribution in [0, 0.1) is 13.8 Å². The highest BCUT2D eigenvalue weighted by molar-refractivity contribution is 6.04. The molecule has 2 aliphatic rings. The predicted molar refractivity (Wildman–Crippen MR) is 113 cm³/mol. The monoisotopic (exact) mass is 375 g/mol. The normalized spacial score (nSPS) is 20.3. The van der Waals surface area contributed by atoms with E-state index in [1.54, 1.807) is 5.01 Å². The third kappa shape index (κ3) is 4.02. The molecule has 146 valence electrons. The number of carbonyl (C=O) groups excluding carboxylic acids is 1. The molecule has 4 heteroatoms. The second kappa shape index (κ2) is 8.27. The summed E-state index contributed by atoms with van der Waals surface area (Å²) in [7, 11) is 0. The van der Waals surface area contributed by atoms with Gasteiger partial charge in [-0.25, -0.2) is 5.01 Å². The van der Waals surface area contributed by atoms with Gasteiger partial charge in [0.2, 0.25) is 0 Å². The zero-order valence-corrected chi connectivity index (χ0v) is 16.9. The van der Waals surface area contributed by atoms with Crippen LogP contribution in [-0.4, -0.2) is 41.2 Å². The number of hydrazone groups is 1. The Bertz CT molecular complexity index is 869. The van der Waals surface area contributed by atoms with Crippen LogP contribution in [0.2, 0.25) is 0 Å². The van der Waals surface area contributed by atoms with Crippen LogP contribution in [0.25, 0.3) is 0 Å². The minimum absolute atomic E-state index is 0.0200. The lowest BCUT2D eigenvalue weighted by Gasteiger charge is -2.29. The molecule has 0 radical (unpaired) electrons. The van der Waals surface area contributed by atoms with Gasteiger partial charge < -0.3 is 0 Å². The molecule has 2 aromatic rings. The SMILES string of the molecule is Cc1ccc(C)c(C2=NN(C(=O)CN3CCCCC3)C(c3ccccc3)C2)c1. The number of hydrogen-bond acceptors (Lipinski definition) is 3. The second-order valence-corrected chi connectivity index (χ2v) is 8.07. The lowest BCUT2D eigenvalue weighted by atomic mass is 9.95. The fourth-order valence-electron chi connectivity index (χ4n) is 4.27. The number of amides is 1. The summed E-state index contributed by atoms with van der Waals surface area (Å²) in [6.07, 6.45) is 4.41. The first-order valence-electron chi connectivity index (χ1n) is 10.4. The van der Waals surface area contributed by atoms with Crippen molar-refractivity contribution in [2.24, 2.45) is 5.10 Å². The summed E-state index contributed by atoms with van der Waals surface area (Å²) in [6, 6.07) is 16.7. The number of aryl methyl sites for hydroxylation is 2. The Hall–Kier alpha value is -2.46. The molecule has 0 bridgehead atoms. The standard InChI is InChI=1S/C24H29N3O/c1-18-11-12-19(2)21(15-18)22-16-23(20-9-5-3-6-10-20)27(25-22)24(28)17-26-13-7-4-8-14-26/h3,5-6,9-12,15,23H,4,7-8,13-14,16-17H2,1-2H3. The third-order valence-electron chi connectivity index (χ3n) is 5.86. The maximum atomic E-state index is 13.2. The Labute approximate surface area is 167 Å². The average Bonchev–Trinajstić information content (AvgIpc) is 3.17. The largest absolute Gasteiger partial charge is 0.294 e. The first-order chi connectivity index (χ1) is 13.6. The zero-order valence-electron chi connectivity index (χ0n) is 16.9. The van der Waals surface area contributed by atoms with Crippen LogP contribution >= 0.6 is 0 Å². The lowest BCUT2D eigenvalue weighted by Crippen LogP contribution is -2.40. The molecule has 0 saturated carbocycles. The minimum atomic E-state index is -0.0200. The van der Waals surface area contributed by atoms with Crippen molar-refractivity contribution in [3.63, 3.8) is 0 Å². The Balaban J connectivity index is 1.63. The Morgan fingerprint density at radius 3 is 2.54 bits per heavy atom. The van der Waals surface area contributed by atoms with E-state index < -0.39 is 0 Å². The molecule has 1 saturated heterocycles. The highest BCUT2D eigenvalue weighted by Crippen LogP contribution is 2.33. The van der Waals surface area contributed by atoms with Crippen LogP contribution in [0.3, 0.4) is 0 Å². The highest BCUT2D eigenvalue weighted by Gasteiger charge is 2.34. The van der Waals surface area contributed by atoms with E-state index in [2.05, 4.69) is 49.1 Å². The molecule has 0 spiro atoms. The maximum Gasteiger partial charge on any atom is 0.257 e. The molecule has 0 N–H and O–H groups in total. The molecular formula is C24H29N3O. The summed E-state index contributed by atoms with van der Waals surface area (Å²) in [4.78, 5) is 15.5. The number of rotatable bonds is 4. The van der Waals surface area contributed by atoms with Crippen LogP contribution in [0.4, 0.5) is 0 Å². The van der Waals surface area contributed by atoms with Gasteiger partial charge in [-0.3, -0.25) is 9.69 Å². The van der Waals surface area contributed by atoms with Gasteiger partial charge in [0.25, 0.3) is 5.91 Å². The molecule has 4 rings (SSSR count). The van der Waals surface area contributed by atoms with Crippen molar-refractivity contribution < 1.29 is 4.79 Å². The van der Waals surface area contributed by atoms with Crippen LogP contribution in [-0.2, 0) is 4.79 Å². The van der Waals surface area contributed by atoms with E-state index in [0.29, 0.717) is 6.54 Å². The van der Waals surface area contributed by atoms with Gasteiger partial charge in [0.15, 0.2) is 0 Å². The first kappa shape index (κ1) is 18.9. The van der Waals surface area contributed by atoms with Gasteiger partial charge in [0.1, 0.15) is 0 Å². The first-order valence-corrected chi connectivity index (χ1v) is 10.4. The summed E-state index contributed by atoms with van der Waals surface area (Å²) in [5.41, 5.74) is 5.76. The van der Waals surface area contributed by atoms with Gasteiger partial charge in [-0.15, -0.1) is 0 Å². The second-order valence-electron chi connectivity index (χ2n) is 8.07. The molecule has 2 aliphatic heterocycles. The summed E-state index contributed by atoms with van der Waals surface area (Å²) in [5, 5.41) is 6.61. The number of piperidine rings is 1. The molecule has 1 amide bonds. The molecule has 1 unspecified atom stereocenters. The molecule has 2 heterocycles. The van der Waals surface area contributed by atoms with E-state index in [-0.39, 0.29) is 11.9 Å². The molecule has 0 aromatic heterocycles.